The molecule has 24 heavy (non-hydrogen) atoms. The minimum absolute atomic E-state index is 0.630. The van der Waals surface area contributed by atoms with Crippen LogP contribution >= 0.6 is 23.1 Å². The number of benzene rings is 1. The maximum atomic E-state index is 5.45. The lowest BCUT2D eigenvalue weighted by Gasteiger charge is -2.05. The third kappa shape index (κ3) is 2.88. The molecule has 0 saturated heterocycles. The van der Waals surface area contributed by atoms with E-state index >= 15 is 0 Å². The third-order valence-corrected chi connectivity index (χ3v) is 5.63. The molecule has 0 aliphatic heterocycles. The van der Waals surface area contributed by atoms with E-state index in [9.17, 15) is 0 Å². The molecular formula is C17H14N4OS2. The Morgan fingerprint density at radius 2 is 2.12 bits per heavy atom. The number of thioether (sulfide) groups is 1. The first kappa shape index (κ1) is 15.2. The summed E-state index contributed by atoms with van der Waals surface area (Å²) in [4.78, 5) is 4.66. The first-order valence-corrected chi connectivity index (χ1v) is 9.20. The van der Waals surface area contributed by atoms with Crippen LogP contribution in [0.2, 0.25) is 0 Å². The predicted octanol–water partition coefficient (Wildman–Crippen LogP) is 4.63. The van der Waals surface area contributed by atoms with Crippen LogP contribution in [0.25, 0.3) is 21.8 Å². The van der Waals surface area contributed by atoms with Crippen molar-refractivity contribution >= 4 is 33.3 Å². The Morgan fingerprint density at radius 1 is 1.21 bits per heavy atom. The van der Waals surface area contributed by atoms with Crippen LogP contribution in [-0.2, 0) is 12.3 Å². The van der Waals surface area contributed by atoms with Gasteiger partial charge in [0, 0.05) is 6.54 Å². The Bertz CT molecular complexity index is 939. The molecule has 4 rings (SSSR count). The normalized spacial score (nSPS) is 11.2. The number of rotatable bonds is 6. The van der Waals surface area contributed by atoms with Gasteiger partial charge in [-0.1, -0.05) is 30.0 Å². The van der Waals surface area contributed by atoms with E-state index in [0.717, 1.165) is 21.4 Å². The summed E-state index contributed by atoms with van der Waals surface area (Å²) in [5, 5.41) is 10.5. The zero-order valence-electron chi connectivity index (χ0n) is 12.8. The zero-order valence-corrected chi connectivity index (χ0v) is 14.4. The lowest BCUT2D eigenvalue weighted by molar-refractivity contribution is 0.569. The molecule has 1 aromatic carbocycles. The third-order valence-electron chi connectivity index (χ3n) is 3.43. The standard InChI is InChI=1S/C17H14N4OS2/c1-2-9-21-16(13-7-5-10-22-13)19-20-17(21)23-11-15-18-12-6-3-4-8-14(12)24-15/h2-8,10H,1,9,11H2. The second-order valence-electron chi connectivity index (χ2n) is 5.05. The molecule has 7 heteroatoms. The summed E-state index contributed by atoms with van der Waals surface area (Å²) < 4.78 is 8.65. The Balaban J connectivity index is 1.58. The van der Waals surface area contributed by atoms with E-state index < -0.39 is 0 Å². The van der Waals surface area contributed by atoms with E-state index in [0.29, 0.717) is 18.1 Å². The Labute approximate surface area is 147 Å². The molecule has 0 radical (unpaired) electrons. The number of fused-ring (bicyclic) bond motifs is 1. The molecule has 0 spiro atoms. The van der Waals surface area contributed by atoms with E-state index in [4.69, 9.17) is 4.42 Å². The molecule has 0 atom stereocenters. The molecule has 0 aliphatic carbocycles. The van der Waals surface area contributed by atoms with E-state index in [2.05, 4.69) is 27.8 Å². The molecule has 3 aromatic heterocycles. The van der Waals surface area contributed by atoms with Crippen molar-refractivity contribution in [1.82, 2.24) is 19.7 Å². The first-order valence-electron chi connectivity index (χ1n) is 7.40. The van der Waals surface area contributed by atoms with Crippen LogP contribution in [0.4, 0.5) is 0 Å². The SMILES string of the molecule is C=CCn1c(SCc2nc3ccccc3s2)nnc1-c1ccco1. The number of nitrogens with zero attached hydrogens (tertiary/aromatic N) is 4. The lowest BCUT2D eigenvalue weighted by Crippen LogP contribution is -2.00. The van der Waals surface area contributed by atoms with Gasteiger partial charge in [-0.05, 0) is 24.3 Å². The van der Waals surface area contributed by atoms with Gasteiger partial charge in [-0.3, -0.25) is 4.57 Å². The van der Waals surface area contributed by atoms with Gasteiger partial charge in [0.05, 0.1) is 22.2 Å². The monoisotopic (exact) mass is 354 g/mol. The van der Waals surface area contributed by atoms with Gasteiger partial charge in [-0.15, -0.1) is 28.1 Å². The van der Waals surface area contributed by atoms with Crippen LogP contribution in [0, 0.1) is 0 Å². The van der Waals surface area contributed by atoms with Crippen molar-refractivity contribution < 1.29 is 4.42 Å². The summed E-state index contributed by atoms with van der Waals surface area (Å²) in [5.74, 6) is 2.18. The van der Waals surface area contributed by atoms with Gasteiger partial charge >= 0.3 is 0 Å². The smallest absolute Gasteiger partial charge is 0.200 e. The predicted molar refractivity (Wildman–Crippen MR) is 97.1 cm³/mol. The lowest BCUT2D eigenvalue weighted by atomic mass is 10.3. The summed E-state index contributed by atoms with van der Waals surface area (Å²) in [5.41, 5.74) is 1.04. The van der Waals surface area contributed by atoms with E-state index in [1.54, 1.807) is 29.4 Å². The van der Waals surface area contributed by atoms with Crippen molar-refractivity contribution in [3.63, 3.8) is 0 Å². The van der Waals surface area contributed by atoms with Gasteiger partial charge in [0.15, 0.2) is 10.9 Å². The zero-order chi connectivity index (χ0) is 16.4. The van der Waals surface area contributed by atoms with Crippen molar-refractivity contribution in [1.29, 1.82) is 0 Å². The minimum atomic E-state index is 0.630. The molecule has 0 bridgehead atoms. The van der Waals surface area contributed by atoms with Crippen LogP contribution in [0.3, 0.4) is 0 Å². The summed E-state index contributed by atoms with van der Waals surface area (Å²) >= 11 is 3.33. The highest BCUT2D eigenvalue weighted by molar-refractivity contribution is 7.98. The van der Waals surface area contributed by atoms with Gasteiger partial charge in [0.1, 0.15) is 5.01 Å². The molecule has 5 nitrogen and oxygen atoms in total. The number of hydrogen-bond acceptors (Lipinski definition) is 6. The fourth-order valence-corrected chi connectivity index (χ4v) is 4.29. The largest absolute Gasteiger partial charge is 0.461 e. The average Bonchev–Trinajstić information content (AvgIpc) is 3.32. The van der Waals surface area contributed by atoms with Crippen LogP contribution < -0.4 is 0 Å². The maximum absolute atomic E-state index is 5.45. The Kier molecular flexibility index (Phi) is 4.18. The number of furan rings is 1. The van der Waals surface area contributed by atoms with Gasteiger partial charge in [0.25, 0.3) is 0 Å². The second kappa shape index (κ2) is 6.62. The average molecular weight is 354 g/mol. The first-order chi connectivity index (χ1) is 11.8. The van der Waals surface area contributed by atoms with Crippen LogP contribution in [0.1, 0.15) is 5.01 Å². The van der Waals surface area contributed by atoms with Crippen LogP contribution in [0.15, 0.2) is 64.9 Å². The molecular weight excluding hydrogens is 340 g/mol. The van der Waals surface area contributed by atoms with Crippen molar-refractivity contribution in [3.05, 3.63) is 60.3 Å². The highest BCUT2D eigenvalue weighted by Gasteiger charge is 2.16. The van der Waals surface area contributed by atoms with Gasteiger partial charge < -0.3 is 4.42 Å². The molecule has 0 amide bonds. The quantitative estimate of drug-likeness (QED) is 0.373. The highest BCUT2D eigenvalue weighted by atomic mass is 32.2. The fourth-order valence-electron chi connectivity index (χ4n) is 2.39. The second-order valence-corrected chi connectivity index (χ2v) is 7.10. The molecule has 0 unspecified atom stereocenters. The number of allylic oxidation sites excluding steroid dienone is 1. The number of hydrogen-bond donors (Lipinski definition) is 0. The number of aromatic nitrogens is 4. The van der Waals surface area contributed by atoms with Crippen molar-refractivity contribution in [2.24, 2.45) is 0 Å². The van der Waals surface area contributed by atoms with Gasteiger partial charge in [-0.25, -0.2) is 4.98 Å². The summed E-state index contributed by atoms with van der Waals surface area (Å²) in [7, 11) is 0. The van der Waals surface area contributed by atoms with Gasteiger partial charge in [0.2, 0.25) is 5.82 Å². The molecule has 120 valence electrons. The van der Waals surface area contributed by atoms with E-state index in [1.165, 1.54) is 4.70 Å². The summed E-state index contributed by atoms with van der Waals surface area (Å²) in [6.07, 6.45) is 3.47. The van der Waals surface area contributed by atoms with Crippen LogP contribution in [-0.4, -0.2) is 19.7 Å². The topological polar surface area (TPSA) is 56.7 Å². The fraction of sp³-hybridized carbons (Fsp3) is 0.118. The molecule has 3 heterocycles. The highest BCUT2D eigenvalue weighted by Crippen LogP contribution is 2.29. The van der Waals surface area contributed by atoms with Gasteiger partial charge in [-0.2, -0.15) is 0 Å². The van der Waals surface area contributed by atoms with Crippen LogP contribution in [0.5, 0.6) is 0 Å². The van der Waals surface area contributed by atoms with E-state index in [-0.39, 0.29) is 0 Å². The van der Waals surface area contributed by atoms with Crippen molar-refractivity contribution in [2.75, 3.05) is 0 Å². The molecule has 0 saturated carbocycles. The Morgan fingerprint density at radius 3 is 2.92 bits per heavy atom. The molecule has 0 aliphatic rings. The molecule has 0 fully saturated rings. The molecule has 4 aromatic rings. The summed E-state index contributed by atoms with van der Waals surface area (Å²) in [6, 6.07) is 11.9. The Hall–Kier alpha value is -2.38. The minimum Gasteiger partial charge on any atom is -0.461 e. The van der Waals surface area contributed by atoms with E-state index in [1.807, 2.05) is 41.0 Å². The number of thiazole rings is 1. The van der Waals surface area contributed by atoms with Crippen molar-refractivity contribution in [3.8, 4) is 11.6 Å². The van der Waals surface area contributed by atoms with Crippen molar-refractivity contribution in [2.45, 2.75) is 17.5 Å². The summed E-state index contributed by atoms with van der Waals surface area (Å²) in [6.45, 7) is 4.45. The molecule has 0 N–H and O–H groups in total. The maximum Gasteiger partial charge on any atom is 0.200 e. The number of para-hydroxylation sites is 1.